The summed E-state index contributed by atoms with van der Waals surface area (Å²) in [6.45, 7) is 0. The van der Waals surface area contributed by atoms with Gasteiger partial charge in [0.25, 0.3) is 0 Å². The molecule has 0 unspecified atom stereocenters. The third-order valence-corrected chi connectivity index (χ3v) is 10.5. The number of fused-ring (bicyclic) bond motifs is 6. The zero-order valence-corrected chi connectivity index (χ0v) is 25.1. The molecule has 0 amide bonds. The predicted molar refractivity (Wildman–Crippen MR) is 187 cm³/mol. The van der Waals surface area contributed by atoms with Crippen LogP contribution in [-0.2, 0) is 0 Å². The Bertz CT molecular complexity index is 2440. The van der Waals surface area contributed by atoms with Gasteiger partial charge in [0, 0.05) is 57.0 Å². The Morgan fingerprint density at radius 2 is 0.955 bits per heavy atom. The van der Waals surface area contributed by atoms with Gasteiger partial charge in [0.05, 0.1) is 0 Å². The lowest BCUT2D eigenvalue weighted by atomic mass is 9.99. The van der Waals surface area contributed by atoms with E-state index in [1.165, 1.54) is 51.5 Å². The minimum atomic E-state index is 0.670. The van der Waals surface area contributed by atoms with Crippen molar-refractivity contribution in [2.75, 3.05) is 0 Å². The number of thiophene rings is 2. The van der Waals surface area contributed by atoms with E-state index in [-0.39, 0.29) is 0 Å². The van der Waals surface area contributed by atoms with Gasteiger partial charge in [-0.1, -0.05) is 115 Å². The van der Waals surface area contributed by atoms with Crippen LogP contribution in [0.15, 0.2) is 140 Å². The number of rotatable bonds is 4. The molecule has 3 aromatic heterocycles. The van der Waals surface area contributed by atoms with Gasteiger partial charge in [-0.05, 0) is 35.4 Å². The molecule has 9 rings (SSSR count). The molecule has 0 atom stereocenters. The van der Waals surface area contributed by atoms with Crippen LogP contribution in [0.25, 0.3) is 85.6 Å². The molecule has 0 aliphatic rings. The Labute approximate surface area is 261 Å². The monoisotopic (exact) mass is 597 g/mol. The zero-order valence-electron chi connectivity index (χ0n) is 23.4. The van der Waals surface area contributed by atoms with Gasteiger partial charge in [0.2, 0.25) is 0 Å². The summed E-state index contributed by atoms with van der Waals surface area (Å²) in [7, 11) is 0. The summed E-state index contributed by atoms with van der Waals surface area (Å²) < 4.78 is 5.11. The van der Waals surface area contributed by atoms with Crippen LogP contribution < -0.4 is 0 Å². The molecule has 5 heteroatoms. The Hall–Kier alpha value is -5.23. The van der Waals surface area contributed by atoms with Crippen molar-refractivity contribution in [2.24, 2.45) is 0 Å². The van der Waals surface area contributed by atoms with Gasteiger partial charge in [-0.3, -0.25) is 0 Å². The number of aromatic nitrogens is 3. The van der Waals surface area contributed by atoms with Crippen LogP contribution in [0.5, 0.6) is 0 Å². The van der Waals surface area contributed by atoms with E-state index < -0.39 is 0 Å². The third kappa shape index (κ3) is 4.13. The average Bonchev–Trinajstić information content (AvgIpc) is 3.67. The lowest BCUT2D eigenvalue weighted by Crippen LogP contribution is -2.00. The van der Waals surface area contributed by atoms with E-state index in [4.69, 9.17) is 15.0 Å². The summed E-state index contributed by atoms with van der Waals surface area (Å²) in [5, 5.41) is 5.03. The molecule has 206 valence electrons. The highest BCUT2D eigenvalue weighted by Crippen LogP contribution is 2.44. The first-order chi connectivity index (χ1) is 21.8. The Morgan fingerprint density at radius 1 is 0.364 bits per heavy atom. The lowest BCUT2D eigenvalue weighted by molar-refractivity contribution is 1.08. The SMILES string of the molecule is c1ccc(-c2nc(-c3ccccc3)nc(-c3cccc4sc5ccc(-c6cccc7c6sc6ccccc67)cc5c34)n2)cc1. The van der Waals surface area contributed by atoms with Crippen LogP contribution in [0, 0.1) is 0 Å². The fourth-order valence-corrected chi connectivity index (χ4v) is 8.44. The van der Waals surface area contributed by atoms with E-state index >= 15 is 0 Å². The van der Waals surface area contributed by atoms with Gasteiger partial charge in [-0.15, -0.1) is 22.7 Å². The molecule has 0 aliphatic heterocycles. The van der Waals surface area contributed by atoms with Crippen molar-refractivity contribution in [3.8, 4) is 45.3 Å². The molecule has 0 radical (unpaired) electrons. The maximum absolute atomic E-state index is 5.07. The molecule has 0 bridgehead atoms. The largest absolute Gasteiger partial charge is 0.208 e. The molecule has 3 heterocycles. The summed E-state index contributed by atoms with van der Waals surface area (Å²) in [6.07, 6.45) is 0. The number of benzene rings is 6. The first kappa shape index (κ1) is 25.3. The van der Waals surface area contributed by atoms with Crippen LogP contribution in [0.4, 0.5) is 0 Å². The fourth-order valence-electron chi connectivity index (χ4n) is 6.08. The number of hydrogen-bond donors (Lipinski definition) is 0. The average molecular weight is 598 g/mol. The van der Waals surface area contributed by atoms with Crippen LogP contribution in [0.3, 0.4) is 0 Å². The van der Waals surface area contributed by atoms with Gasteiger partial charge < -0.3 is 0 Å². The second kappa shape index (κ2) is 10.2. The van der Waals surface area contributed by atoms with E-state index in [9.17, 15) is 0 Å². The minimum absolute atomic E-state index is 0.670. The standard InChI is InChI=1S/C39H23N3S2/c1-3-11-24(12-4-1)37-40-38(25-13-5-2-6-14-25)42-39(41-37)30-18-10-20-34-35(30)31-23-26(21-22-33(31)43-34)27-16-9-17-29-28-15-7-8-19-32(28)44-36(27)29/h1-23H. The van der Waals surface area contributed by atoms with Gasteiger partial charge in [-0.2, -0.15) is 0 Å². The summed E-state index contributed by atoms with van der Waals surface area (Å²) in [5.41, 5.74) is 5.43. The summed E-state index contributed by atoms with van der Waals surface area (Å²) in [4.78, 5) is 15.0. The van der Waals surface area contributed by atoms with Gasteiger partial charge in [0.15, 0.2) is 17.5 Å². The van der Waals surface area contributed by atoms with Gasteiger partial charge in [0.1, 0.15) is 0 Å². The molecule has 6 aromatic carbocycles. The minimum Gasteiger partial charge on any atom is -0.208 e. The highest BCUT2D eigenvalue weighted by atomic mass is 32.1. The van der Waals surface area contributed by atoms with Gasteiger partial charge >= 0.3 is 0 Å². The maximum Gasteiger partial charge on any atom is 0.164 e. The van der Waals surface area contributed by atoms with E-state index in [1.807, 2.05) is 59.1 Å². The van der Waals surface area contributed by atoms with E-state index in [0.717, 1.165) is 16.7 Å². The van der Waals surface area contributed by atoms with Crippen molar-refractivity contribution in [3.63, 3.8) is 0 Å². The third-order valence-electron chi connectivity index (χ3n) is 8.15. The van der Waals surface area contributed by atoms with Crippen LogP contribution in [-0.4, -0.2) is 15.0 Å². The first-order valence-electron chi connectivity index (χ1n) is 14.5. The van der Waals surface area contributed by atoms with E-state index in [0.29, 0.717) is 17.5 Å². The fraction of sp³-hybridized carbons (Fsp3) is 0. The highest BCUT2D eigenvalue weighted by Gasteiger charge is 2.18. The second-order valence-corrected chi connectivity index (χ2v) is 12.9. The van der Waals surface area contributed by atoms with Crippen LogP contribution in [0.1, 0.15) is 0 Å². The van der Waals surface area contributed by atoms with Crippen molar-refractivity contribution >= 4 is 63.0 Å². The first-order valence-corrected chi connectivity index (χ1v) is 16.2. The molecular weight excluding hydrogens is 575 g/mol. The molecule has 0 aliphatic carbocycles. The number of hydrogen-bond acceptors (Lipinski definition) is 5. The lowest BCUT2D eigenvalue weighted by Gasteiger charge is -2.10. The quantitative estimate of drug-likeness (QED) is 0.203. The molecule has 0 saturated heterocycles. The highest BCUT2D eigenvalue weighted by molar-refractivity contribution is 7.26. The van der Waals surface area contributed by atoms with Crippen LogP contribution in [0.2, 0.25) is 0 Å². The zero-order chi connectivity index (χ0) is 29.0. The van der Waals surface area contributed by atoms with E-state index in [1.54, 1.807) is 0 Å². The number of nitrogens with zero attached hydrogens (tertiary/aromatic N) is 3. The molecule has 9 aromatic rings. The van der Waals surface area contributed by atoms with Crippen molar-refractivity contribution in [1.82, 2.24) is 15.0 Å². The Morgan fingerprint density at radius 3 is 1.73 bits per heavy atom. The predicted octanol–water partition coefficient (Wildman–Crippen LogP) is 11.3. The van der Waals surface area contributed by atoms with Crippen LogP contribution >= 0.6 is 22.7 Å². The van der Waals surface area contributed by atoms with Crippen molar-refractivity contribution in [3.05, 3.63) is 140 Å². The molecule has 44 heavy (non-hydrogen) atoms. The Balaban J connectivity index is 1.28. The normalized spacial score (nSPS) is 11.6. The Kier molecular flexibility index (Phi) is 5.86. The maximum atomic E-state index is 5.07. The molecule has 3 nitrogen and oxygen atoms in total. The molecule has 0 spiro atoms. The smallest absolute Gasteiger partial charge is 0.164 e. The van der Waals surface area contributed by atoms with E-state index in [2.05, 4.69) is 103 Å². The van der Waals surface area contributed by atoms with Crippen molar-refractivity contribution in [2.45, 2.75) is 0 Å². The molecular formula is C39H23N3S2. The van der Waals surface area contributed by atoms with Gasteiger partial charge in [-0.25, -0.2) is 15.0 Å². The summed E-state index contributed by atoms with van der Waals surface area (Å²) in [6, 6.07) is 49.0. The van der Waals surface area contributed by atoms with Crippen molar-refractivity contribution < 1.29 is 0 Å². The van der Waals surface area contributed by atoms with Crippen molar-refractivity contribution in [1.29, 1.82) is 0 Å². The summed E-state index contributed by atoms with van der Waals surface area (Å²) in [5.74, 6) is 2.02. The second-order valence-electron chi connectivity index (χ2n) is 10.8. The summed E-state index contributed by atoms with van der Waals surface area (Å²) >= 11 is 3.68. The molecule has 0 saturated carbocycles. The molecule has 0 N–H and O–H groups in total. The molecule has 0 fully saturated rings. The topological polar surface area (TPSA) is 38.7 Å².